The molecule has 0 fully saturated rings. The predicted molar refractivity (Wildman–Crippen MR) is 49.1 cm³/mol. The molecule has 0 heterocycles. The fourth-order valence-corrected chi connectivity index (χ4v) is 1.21. The molecule has 1 unspecified atom stereocenters. The molecule has 0 amide bonds. The van der Waals surface area contributed by atoms with Gasteiger partial charge in [0, 0.05) is 5.56 Å². The lowest BCUT2D eigenvalue weighted by Gasteiger charge is -2.09. The van der Waals surface area contributed by atoms with Crippen molar-refractivity contribution in [1.29, 1.82) is 5.26 Å². The van der Waals surface area contributed by atoms with Crippen LogP contribution in [0.2, 0.25) is 0 Å². The molecule has 16 heavy (non-hydrogen) atoms. The van der Waals surface area contributed by atoms with Gasteiger partial charge in [0.1, 0.15) is 11.9 Å². The number of hydrogen-bond acceptors (Lipinski definition) is 4. The van der Waals surface area contributed by atoms with Gasteiger partial charge in [0.15, 0.2) is 12.4 Å². The third-order valence-electron chi connectivity index (χ3n) is 1.98. The van der Waals surface area contributed by atoms with Crippen molar-refractivity contribution < 1.29 is 24.2 Å². The number of carbonyl (C=O) groups is 2. The number of carboxylic acids is 1. The lowest BCUT2D eigenvalue weighted by molar-refractivity contribution is -0.146. The van der Waals surface area contributed by atoms with Crippen molar-refractivity contribution in [2.75, 3.05) is 0 Å². The first kappa shape index (κ1) is 11.8. The maximum atomic E-state index is 13.1. The number of hydrogen-bond donors (Lipinski definition) is 2. The number of aldehydes is 1. The zero-order valence-corrected chi connectivity index (χ0v) is 7.85. The van der Waals surface area contributed by atoms with Gasteiger partial charge in [0.05, 0.1) is 11.1 Å². The summed E-state index contributed by atoms with van der Waals surface area (Å²) in [5.41, 5.74) is -1.33. The third kappa shape index (κ3) is 1.89. The largest absolute Gasteiger partial charge is 0.479 e. The van der Waals surface area contributed by atoms with Crippen LogP contribution in [0.3, 0.4) is 0 Å². The van der Waals surface area contributed by atoms with Crippen LogP contribution in [-0.2, 0) is 4.79 Å². The van der Waals surface area contributed by atoms with Crippen molar-refractivity contribution in [2.45, 2.75) is 6.10 Å². The molecule has 1 aromatic carbocycles. The maximum absolute atomic E-state index is 13.1. The molecule has 0 aliphatic heterocycles. The zero-order valence-electron chi connectivity index (χ0n) is 7.85. The van der Waals surface area contributed by atoms with E-state index in [0.717, 1.165) is 12.1 Å². The number of aliphatic hydroxyl groups is 1. The van der Waals surface area contributed by atoms with Gasteiger partial charge < -0.3 is 10.2 Å². The number of nitrogens with zero attached hydrogens (tertiary/aromatic N) is 1. The molecule has 0 aromatic heterocycles. The lowest BCUT2D eigenvalue weighted by atomic mass is 9.98. The van der Waals surface area contributed by atoms with Crippen molar-refractivity contribution in [3.05, 3.63) is 34.6 Å². The molecule has 1 aromatic rings. The summed E-state index contributed by atoms with van der Waals surface area (Å²) in [5.74, 6) is -2.52. The average molecular weight is 223 g/mol. The minimum atomic E-state index is -1.96. The van der Waals surface area contributed by atoms with Gasteiger partial charge in [-0.2, -0.15) is 5.26 Å². The summed E-state index contributed by atoms with van der Waals surface area (Å²) in [5, 5.41) is 26.5. The van der Waals surface area contributed by atoms with Crippen molar-refractivity contribution in [3.8, 4) is 6.07 Å². The number of carbonyl (C=O) groups excluding carboxylic acids is 1. The van der Waals surface area contributed by atoms with Crippen LogP contribution in [-0.4, -0.2) is 22.5 Å². The first-order chi connectivity index (χ1) is 7.52. The summed E-state index contributed by atoms with van der Waals surface area (Å²) in [6, 6.07) is 3.28. The smallest absolute Gasteiger partial charge is 0.337 e. The van der Waals surface area contributed by atoms with E-state index in [9.17, 15) is 19.1 Å². The first-order valence-corrected chi connectivity index (χ1v) is 4.11. The van der Waals surface area contributed by atoms with E-state index in [2.05, 4.69) is 0 Å². The number of aliphatic hydroxyl groups excluding tert-OH is 1. The van der Waals surface area contributed by atoms with E-state index in [0.29, 0.717) is 0 Å². The molecule has 82 valence electrons. The molecule has 1 atom stereocenters. The summed E-state index contributed by atoms with van der Waals surface area (Å²) in [6.45, 7) is 0. The van der Waals surface area contributed by atoms with Gasteiger partial charge in [0.25, 0.3) is 0 Å². The highest BCUT2D eigenvalue weighted by molar-refractivity contribution is 5.83. The Morgan fingerprint density at radius 1 is 1.56 bits per heavy atom. The van der Waals surface area contributed by atoms with Crippen molar-refractivity contribution in [3.63, 3.8) is 0 Å². The van der Waals surface area contributed by atoms with Crippen LogP contribution in [0.5, 0.6) is 0 Å². The predicted octanol–water partition coefficient (Wildman–Crippen LogP) is 0.628. The van der Waals surface area contributed by atoms with Crippen LogP contribution in [0.4, 0.5) is 4.39 Å². The summed E-state index contributed by atoms with van der Waals surface area (Å²) in [6.07, 6.45) is -1.86. The fraction of sp³-hybridized carbons (Fsp3) is 0.100. The zero-order chi connectivity index (χ0) is 12.3. The fourth-order valence-electron chi connectivity index (χ4n) is 1.21. The molecular formula is C10H6FNO4. The summed E-state index contributed by atoms with van der Waals surface area (Å²) >= 11 is 0. The SMILES string of the molecule is N#Cc1c(C(O)C(=O)O)ccc(F)c1C=O. The van der Waals surface area contributed by atoms with Crippen molar-refractivity contribution in [2.24, 2.45) is 0 Å². The van der Waals surface area contributed by atoms with E-state index in [4.69, 9.17) is 10.4 Å². The Hall–Kier alpha value is -2.26. The van der Waals surface area contributed by atoms with Crippen molar-refractivity contribution >= 4 is 12.3 Å². The molecule has 0 bridgehead atoms. The number of carboxylic acid groups (broad SMARTS) is 1. The molecule has 0 aliphatic rings. The minimum absolute atomic E-state index is 0.103. The summed E-state index contributed by atoms with van der Waals surface area (Å²) in [7, 11) is 0. The molecule has 5 nitrogen and oxygen atoms in total. The highest BCUT2D eigenvalue weighted by Crippen LogP contribution is 2.22. The van der Waals surface area contributed by atoms with Gasteiger partial charge in [-0.05, 0) is 6.07 Å². The van der Waals surface area contributed by atoms with Gasteiger partial charge in [0.2, 0.25) is 0 Å². The van der Waals surface area contributed by atoms with E-state index in [1.807, 2.05) is 0 Å². The third-order valence-corrected chi connectivity index (χ3v) is 1.98. The summed E-state index contributed by atoms with van der Waals surface area (Å²) in [4.78, 5) is 21.0. The highest BCUT2D eigenvalue weighted by atomic mass is 19.1. The Labute approximate surface area is 89.4 Å². The topological polar surface area (TPSA) is 98.4 Å². The molecule has 6 heteroatoms. The van der Waals surface area contributed by atoms with Crippen LogP contribution in [0.1, 0.15) is 27.6 Å². The second-order valence-electron chi connectivity index (χ2n) is 2.90. The normalized spacial score (nSPS) is 11.6. The lowest BCUT2D eigenvalue weighted by Crippen LogP contribution is -2.13. The summed E-state index contributed by atoms with van der Waals surface area (Å²) < 4.78 is 13.1. The Morgan fingerprint density at radius 2 is 2.19 bits per heavy atom. The quantitative estimate of drug-likeness (QED) is 0.732. The van der Waals surface area contributed by atoms with Crippen LogP contribution in [0.25, 0.3) is 0 Å². The van der Waals surface area contributed by atoms with Gasteiger partial charge >= 0.3 is 5.97 Å². The Kier molecular flexibility index (Phi) is 3.33. The molecule has 0 saturated carbocycles. The van der Waals surface area contributed by atoms with E-state index in [1.165, 1.54) is 6.07 Å². The second-order valence-corrected chi connectivity index (χ2v) is 2.90. The number of nitriles is 1. The Bertz CT molecular complexity index is 492. The Morgan fingerprint density at radius 3 is 2.62 bits per heavy atom. The van der Waals surface area contributed by atoms with Crippen LogP contribution in [0, 0.1) is 17.1 Å². The van der Waals surface area contributed by atoms with E-state index < -0.39 is 29.0 Å². The minimum Gasteiger partial charge on any atom is -0.479 e. The monoisotopic (exact) mass is 223 g/mol. The van der Waals surface area contributed by atoms with Gasteiger partial charge in [-0.1, -0.05) is 6.07 Å². The number of halogens is 1. The van der Waals surface area contributed by atoms with E-state index in [-0.39, 0.29) is 11.8 Å². The molecule has 0 aliphatic carbocycles. The molecule has 2 N–H and O–H groups in total. The van der Waals surface area contributed by atoms with E-state index in [1.54, 1.807) is 0 Å². The Balaban J connectivity index is 3.48. The number of benzene rings is 1. The van der Waals surface area contributed by atoms with Crippen molar-refractivity contribution in [1.82, 2.24) is 0 Å². The van der Waals surface area contributed by atoms with Gasteiger partial charge in [-0.15, -0.1) is 0 Å². The average Bonchev–Trinajstić information content (AvgIpc) is 2.27. The molecule has 1 rings (SSSR count). The van der Waals surface area contributed by atoms with Gasteiger partial charge in [-0.3, -0.25) is 4.79 Å². The second kappa shape index (κ2) is 4.51. The highest BCUT2D eigenvalue weighted by Gasteiger charge is 2.23. The molecule has 0 saturated heterocycles. The maximum Gasteiger partial charge on any atom is 0.337 e. The van der Waals surface area contributed by atoms with Crippen LogP contribution < -0.4 is 0 Å². The molecule has 0 radical (unpaired) electrons. The number of aliphatic carboxylic acids is 1. The molecule has 0 spiro atoms. The number of rotatable bonds is 3. The standard InChI is InChI=1S/C10H6FNO4/c11-8-2-1-5(9(14)10(15)16)6(3-12)7(8)4-13/h1-2,4,9,14H,(H,15,16). The molecular weight excluding hydrogens is 217 g/mol. The van der Waals surface area contributed by atoms with Crippen LogP contribution >= 0.6 is 0 Å². The van der Waals surface area contributed by atoms with Crippen LogP contribution in [0.15, 0.2) is 12.1 Å². The first-order valence-electron chi connectivity index (χ1n) is 4.11. The van der Waals surface area contributed by atoms with E-state index >= 15 is 0 Å². The van der Waals surface area contributed by atoms with Gasteiger partial charge in [-0.25, -0.2) is 9.18 Å².